The first kappa shape index (κ1) is 34.7. The zero-order chi connectivity index (χ0) is 32.2. The number of hydrogen-bond acceptors (Lipinski definition) is 2. The van der Waals surface area contributed by atoms with Crippen LogP contribution in [0.1, 0.15) is 103 Å². The standard InChI is InChI=1S/C29H36N.C10H12O.2ClH.Ru/c1-20(2)25-13-10-14-26(21(3)4)27(25)30-19-29(7,18-28(30,5)6)24-16-15-22-11-8-9-12-23(22)17-24;1-8(2)11-10-7-5-4-6-9(10)3;;;/h8-17,19-21H,18H2,1-7H3;3-8H,1-2H3;2*1H;/q-1;;;;+2/p-2/t29-;;;;/m1..../s1. The van der Waals surface area contributed by atoms with Crippen molar-refractivity contribution in [3.63, 3.8) is 0 Å². The van der Waals surface area contributed by atoms with Crippen LogP contribution in [0.15, 0.2) is 84.9 Å². The summed E-state index contributed by atoms with van der Waals surface area (Å²) >= 11 is -1.77. The summed E-state index contributed by atoms with van der Waals surface area (Å²) in [4.78, 5) is 2.60. The van der Waals surface area contributed by atoms with E-state index < -0.39 is 13.5 Å². The van der Waals surface area contributed by atoms with Crippen LogP contribution in [0.3, 0.4) is 0 Å². The predicted octanol–water partition coefficient (Wildman–Crippen LogP) is 11.7. The number of benzene rings is 4. The molecule has 1 saturated heterocycles. The molecule has 0 N–H and O–H groups in total. The minimum absolute atomic E-state index is 0.00583. The summed E-state index contributed by atoms with van der Waals surface area (Å²) in [5.41, 5.74) is 6.79. The maximum absolute atomic E-state index is 5.82. The van der Waals surface area contributed by atoms with E-state index in [-0.39, 0.29) is 17.1 Å². The summed E-state index contributed by atoms with van der Waals surface area (Å²) in [6.07, 6.45) is 1.26. The van der Waals surface area contributed by atoms with Gasteiger partial charge in [-0.1, -0.05) is 101 Å². The number of hydrogen-bond donors (Lipinski definition) is 0. The van der Waals surface area contributed by atoms with Gasteiger partial charge in [0.1, 0.15) is 0 Å². The van der Waals surface area contributed by atoms with Crippen LogP contribution in [0.2, 0.25) is 0 Å². The number of nitrogens with zero attached hydrogens (tertiary/aromatic N) is 1. The molecule has 1 atom stereocenters. The third-order valence-corrected chi connectivity index (χ3v) is 10.2. The molecule has 1 heterocycles. The zero-order valence-corrected chi connectivity index (χ0v) is 30.9. The van der Waals surface area contributed by atoms with Crippen molar-refractivity contribution in [3.05, 3.63) is 114 Å². The van der Waals surface area contributed by atoms with Gasteiger partial charge in [0.15, 0.2) is 0 Å². The number of halogens is 2. The monoisotopic (exact) mass is 718 g/mol. The summed E-state index contributed by atoms with van der Waals surface area (Å²) in [5, 5.41) is 2.64. The van der Waals surface area contributed by atoms with Gasteiger partial charge in [0, 0.05) is 11.2 Å². The van der Waals surface area contributed by atoms with Gasteiger partial charge in [0.05, 0.1) is 0 Å². The second-order valence-electron chi connectivity index (χ2n) is 13.6. The maximum atomic E-state index is 5.82. The summed E-state index contributed by atoms with van der Waals surface area (Å²) in [7, 11) is 11.6. The van der Waals surface area contributed by atoms with Crippen molar-refractivity contribution in [1.82, 2.24) is 0 Å². The molecule has 0 unspecified atom stereocenters. The molecule has 0 bridgehead atoms. The fourth-order valence-electron chi connectivity index (χ4n) is 6.38. The van der Waals surface area contributed by atoms with Crippen molar-refractivity contribution < 1.29 is 18.3 Å². The molecule has 2 nitrogen and oxygen atoms in total. The predicted molar refractivity (Wildman–Crippen MR) is 190 cm³/mol. The van der Waals surface area contributed by atoms with E-state index in [1.165, 1.54) is 33.2 Å². The van der Waals surface area contributed by atoms with Crippen LogP contribution in [0.25, 0.3) is 10.8 Å². The molecule has 0 amide bonds. The quantitative estimate of drug-likeness (QED) is 0.139. The fourth-order valence-corrected chi connectivity index (χ4v) is 8.18. The van der Waals surface area contributed by atoms with E-state index in [1.807, 2.05) is 42.7 Å². The molecule has 4 aromatic carbocycles. The maximum Gasteiger partial charge on any atom is 0.0145 e. The Morgan fingerprint density at radius 3 is 1.95 bits per heavy atom. The first-order chi connectivity index (χ1) is 20.7. The van der Waals surface area contributed by atoms with Crippen LogP contribution in [0.5, 0.6) is 5.75 Å². The van der Waals surface area contributed by atoms with Gasteiger partial charge in [-0.3, -0.25) is 0 Å². The molecule has 0 spiro atoms. The average molecular weight is 719 g/mol. The van der Waals surface area contributed by atoms with E-state index in [0.717, 1.165) is 17.7 Å². The summed E-state index contributed by atoms with van der Waals surface area (Å²) in [6.45, 7) is 23.0. The van der Waals surface area contributed by atoms with E-state index in [2.05, 4.69) is 121 Å². The summed E-state index contributed by atoms with van der Waals surface area (Å²) in [6, 6.07) is 30.3. The molecule has 1 aliphatic rings. The van der Waals surface area contributed by atoms with Crippen LogP contribution in [-0.2, 0) is 18.9 Å². The smallest absolute Gasteiger partial charge is 0.0145 e. The average Bonchev–Trinajstić information content (AvgIpc) is 3.22. The first-order valence-corrected chi connectivity index (χ1v) is 21.1. The van der Waals surface area contributed by atoms with E-state index in [4.69, 9.17) is 24.1 Å². The van der Waals surface area contributed by atoms with E-state index in [9.17, 15) is 0 Å². The van der Waals surface area contributed by atoms with Gasteiger partial charge in [-0.25, -0.2) is 6.54 Å². The number of fused-ring (bicyclic) bond motifs is 1. The van der Waals surface area contributed by atoms with Crippen LogP contribution >= 0.6 is 19.4 Å². The Hall–Kier alpha value is -2.19. The van der Waals surface area contributed by atoms with Crippen molar-refractivity contribution in [2.45, 2.75) is 97.6 Å². The van der Waals surface area contributed by atoms with Crippen molar-refractivity contribution in [2.24, 2.45) is 0 Å². The molecular formula is C39H48Cl2NORu-. The minimum Gasteiger partial charge on any atom is -0.517 e. The van der Waals surface area contributed by atoms with Crippen LogP contribution < -0.4 is 9.64 Å². The van der Waals surface area contributed by atoms with Crippen molar-refractivity contribution in [3.8, 4) is 5.75 Å². The molecule has 238 valence electrons. The number of para-hydroxylation sites is 2. The van der Waals surface area contributed by atoms with Crippen LogP contribution in [0.4, 0.5) is 5.69 Å². The van der Waals surface area contributed by atoms with Crippen molar-refractivity contribution in [2.75, 3.05) is 4.90 Å². The molecule has 1 fully saturated rings. The van der Waals surface area contributed by atoms with Gasteiger partial charge in [0.25, 0.3) is 0 Å². The van der Waals surface area contributed by atoms with Gasteiger partial charge < -0.3 is 4.90 Å². The molecular weight excluding hydrogens is 670 g/mol. The van der Waals surface area contributed by atoms with Gasteiger partial charge in [-0.05, 0) is 54.0 Å². The SMILES string of the molecule is CC(C)Oc1ccccc1[CH]=[Ru]([Cl])[Cl].CC(C)c1cccc(C(C)C)c1N1[CH-][C@](C)(c2ccc3ccccc3c2)CC1(C)C. The molecule has 1 aliphatic heterocycles. The van der Waals surface area contributed by atoms with Crippen molar-refractivity contribution in [1.29, 1.82) is 0 Å². The second-order valence-corrected chi connectivity index (χ2v) is 19.3. The Balaban J connectivity index is 0.000000265. The van der Waals surface area contributed by atoms with Gasteiger partial charge in [0.2, 0.25) is 0 Å². The van der Waals surface area contributed by atoms with Crippen LogP contribution in [-0.4, -0.2) is 16.3 Å². The van der Waals surface area contributed by atoms with Gasteiger partial charge in [-0.15, -0.1) is 5.41 Å². The molecule has 0 aliphatic carbocycles. The normalized spacial score (nSPS) is 18.0. The second kappa shape index (κ2) is 14.5. The fraction of sp³-hybridized carbons (Fsp3) is 0.385. The Kier molecular flexibility index (Phi) is 11.4. The summed E-state index contributed by atoms with van der Waals surface area (Å²) < 4.78 is 7.51. The topological polar surface area (TPSA) is 12.5 Å². The number of ether oxygens (including phenoxy) is 1. The molecule has 0 radical (unpaired) electrons. The molecule has 0 aromatic heterocycles. The molecule has 4 aromatic rings. The van der Waals surface area contributed by atoms with E-state index in [0.29, 0.717) is 11.8 Å². The Morgan fingerprint density at radius 2 is 1.36 bits per heavy atom. The first-order valence-electron chi connectivity index (χ1n) is 15.6. The van der Waals surface area contributed by atoms with Gasteiger partial charge >= 0.3 is 97.8 Å². The van der Waals surface area contributed by atoms with Crippen LogP contribution in [0, 0.1) is 6.54 Å². The zero-order valence-electron chi connectivity index (χ0n) is 27.6. The Labute approximate surface area is 279 Å². The third kappa shape index (κ3) is 8.14. The number of rotatable bonds is 7. The Morgan fingerprint density at radius 1 is 0.773 bits per heavy atom. The van der Waals surface area contributed by atoms with Crippen molar-refractivity contribution >= 4 is 40.5 Å². The third-order valence-electron chi connectivity index (χ3n) is 8.33. The molecule has 5 heteroatoms. The molecule has 5 rings (SSSR count). The van der Waals surface area contributed by atoms with E-state index in [1.54, 1.807) is 0 Å². The number of anilines is 1. The summed E-state index contributed by atoms with van der Waals surface area (Å²) in [5.74, 6) is 1.84. The van der Waals surface area contributed by atoms with E-state index >= 15 is 0 Å². The Bertz CT molecular complexity index is 1580. The molecule has 0 saturated carbocycles. The minimum atomic E-state index is -1.77. The largest absolute Gasteiger partial charge is 0.517 e. The van der Waals surface area contributed by atoms with Gasteiger partial charge in [-0.2, -0.15) is 0 Å². The molecule has 44 heavy (non-hydrogen) atoms.